The fraction of sp³-hybridized carbons (Fsp3) is 0.429. The van der Waals surface area contributed by atoms with Crippen LogP contribution in [-0.2, 0) is 9.53 Å². The molecule has 1 aromatic rings. The zero-order valence-electron chi connectivity index (χ0n) is 7.26. The third-order valence-corrected chi connectivity index (χ3v) is 1.55. The summed E-state index contributed by atoms with van der Waals surface area (Å²) in [5.74, 6) is -0.384. The van der Waals surface area contributed by atoms with E-state index >= 15 is 0 Å². The van der Waals surface area contributed by atoms with E-state index in [1.165, 1.54) is 18.1 Å². The van der Waals surface area contributed by atoms with Crippen LogP contribution in [0.15, 0.2) is 6.33 Å². The Bertz CT molecular complexity index is 352. The summed E-state index contributed by atoms with van der Waals surface area (Å²) in [6, 6.07) is 1.21. The van der Waals surface area contributed by atoms with Crippen LogP contribution >= 0.6 is 0 Å². The summed E-state index contributed by atoms with van der Waals surface area (Å²) in [7, 11) is 1.29. The van der Waals surface area contributed by atoms with Crippen LogP contribution in [0, 0.1) is 11.3 Å². The minimum absolute atomic E-state index is 0.0377. The maximum Gasteiger partial charge on any atom is 0.330 e. The number of esters is 1. The summed E-state index contributed by atoms with van der Waals surface area (Å²) in [5.41, 5.74) is 0. The van der Waals surface area contributed by atoms with Crippen molar-refractivity contribution in [2.75, 3.05) is 7.11 Å². The minimum atomic E-state index is -0.556. The number of hydrogen-bond acceptors (Lipinski definition) is 5. The maximum absolute atomic E-state index is 11.0. The summed E-state index contributed by atoms with van der Waals surface area (Å²) < 4.78 is 5.78. The van der Waals surface area contributed by atoms with E-state index < -0.39 is 12.0 Å². The molecule has 0 unspecified atom stereocenters. The molecule has 0 fully saturated rings. The first-order chi connectivity index (χ1) is 6.19. The van der Waals surface area contributed by atoms with Crippen LogP contribution < -0.4 is 0 Å². The normalized spacial score (nSPS) is 11.8. The van der Waals surface area contributed by atoms with Crippen LogP contribution in [-0.4, -0.2) is 27.8 Å². The number of nitrogens with zero attached hydrogens (tertiary/aromatic N) is 4. The van der Waals surface area contributed by atoms with Gasteiger partial charge in [-0.1, -0.05) is 0 Å². The van der Waals surface area contributed by atoms with Crippen molar-refractivity contribution < 1.29 is 9.53 Å². The van der Waals surface area contributed by atoms with Gasteiger partial charge in [-0.05, 0) is 6.92 Å². The summed E-state index contributed by atoms with van der Waals surface area (Å²) in [6.45, 7) is 1.61. The number of ether oxygens (including phenoxy) is 1. The van der Waals surface area contributed by atoms with Gasteiger partial charge in [-0.15, -0.1) is 5.10 Å². The first-order valence-corrected chi connectivity index (χ1v) is 3.58. The monoisotopic (exact) mass is 180 g/mol. The van der Waals surface area contributed by atoms with E-state index in [4.69, 9.17) is 5.26 Å². The van der Waals surface area contributed by atoms with E-state index in [1.807, 2.05) is 0 Å². The van der Waals surface area contributed by atoms with Gasteiger partial charge in [0.15, 0.2) is 0 Å². The minimum Gasteiger partial charge on any atom is -0.467 e. The summed E-state index contributed by atoms with van der Waals surface area (Å²) in [4.78, 5) is 14.7. The molecule has 1 atom stereocenters. The van der Waals surface area contributed by atoms with Gasteiger partial charge < -0.3 is 4.74 Å². The lowest BCUT2D eigenvalue weighted by Crippen LogP contribution is -2.18. The zero-order chi connectivity index (χ0) is 9.84. The number of carbonyl (C=O) groups is 1. The lowest BCUT2D eigenvalue weighted by Gasteiger charge is -2.07. The number of rotatable bonds is 2. The SMILES string of the molecule is COC(=O)[C@@H](C)n1cnc(C#N)n1. The van der Waals surface area contributed by atoms with Crippen LogP contribution in [0.1, 0.15) is 18.8 Å². The zero-order valence-corrected chi connectivity index (χ0v) is 7.26. The average molecular weight is 180 g/mol. The Labute approximate surface area is 74.8 Å². The number of aromatic nitrogens is 3. The number of carbonyl (C=O) groups excluding carboxylic acids is 1. The van der Waals surface area contributed by atoms with Gasteiger partial charge in [0.25, 0.3) is 5.82 Å². The fourth-order valence-corrected chi connectivity index (χ4v) is 0.791. The Kier molecular flexibility index (Phi) is 2.59. The summed E-state index contributed by atoms with van der Waals surface area (Å²) in [5, 5.41) is 12.2. The third kappa shape index (κ3) is 1.82. The smallest absolute Gasteiger partial charge is 0.330 e. The second-order valence-corrected chi connectivity index (χ2v) is 2.36. The highest BCUT2D eigenvalue weighted by molar-refractivity contribution is 5.73. The first kappa shape index (κ1) is 9.19. The molecule has 0 aromatic carbocycles. The third-order valence-electron chi connectivity index (χ3n) is 1.55. The highest BCUT2D eigenvalue weighted by atomic mass is 16.5. The summed E-state index contributed by atoms with van der Waals surface area (Å²) >= 11 is 0. The Morgan fingerprint density at radius 3 is 3.00 bits per heavy atom. The molecule has 0 aliphatic heterocycles. The molecule has 13 heavy (non-hydrogen) atoms. The van der Waals surface area contributed by atoms with Crippen LogP contribution in [0.4, 0.5) is 0 Å². The van der Waals surface area contributed by atoms with Gasteiger partial charge >= 0.3 is 5.97 Å². The summed E-state index contributed by atoms with van der Waals surface area (Å²) in [6.07, 6.45) is 1.32. The van der Waals surface area contributed by atoms with Crippen molar-refractivity contribution in [1.29, 1.82) is 5.26 Å². The number of hydrogen-bond donors (Lipinski definition) is 0. The molecule has 68 valence electrons. The Hall–Kier alpha value is -1.90. The maximum atomic E-state index is 11.0. The lowest BCUT2D eigenvalue weighted by atomic mass is 10.4. The topological polar surface area (TPSA) is 80.8 Å². The van der Waals surface area contributed by atoms with Gasteiger partial charge in [0.2, 0.25) is 0 Å². The molecule has 0 amide bonds. The standard InChI is InChI=1S/C7H8N4O2/c1-5(7(12)13-2)11-4-9-6(3-8)10-11/h4-5H,1-2H3/t5-/m1/s1. The Morgan fingerprint density at radius 2 is 2.54 bits per heavy atom. The second-order valence-electron chi connectivity index (χ2n) is 2.36. The van der Waals surface area contributed by atoms with E-state index in [0.717, 1.165) is 0 Å². The van der Waals surface area contributed by atoms with Gasteiger partial charge in [0.05, 0.1) is 7.11 Å². The van der Waals surface area contributed by atoms with Crippen molar-refractivity contribution in [3.8, 4) is 6.07 Å². The molecule has 1 aromatic heterocycles. The second kappa shape index (κ2) is 3.67. The van der Waals surface area contributed by atoms with E-state index in [1.54, 1.807) is 13.0 Å². The van der Waals surface area contributed by atoms with Crippen molar-refractivity contribution in [3.63, 3.8) is 0 Å². The predicted octanol–water partition coefficient (Wildman–Crippen LogP) is -0.116. The molecule has 0 aliphatic rings. The molecule has 6 heteroatoms. The molecule has 0 spiro atoms. The van der Waals surface area contributed by atoms with Gasteiger partial charge in [-0.2, -0.15) is 5.26 Å². The lowest BCUT2D eigenvalue weighted by molar-refractivity contribution is -0.144. The number of nitriles is 1. The average Bonchev–Trinajstić information content (AvgIpc) is 2.63. The Balaban J connectivity index is 2.84. The molecule has 6 nitrogen and oxygen atoms in total. The van der Waals surface area contributed by atoms with Crippen LogP contribution in [0.5, 0.6) is 0 Å². The largest absolute Gasteiger partial charge is 0.467 e. The highest BCUT2D eigenvalue weighted by Gasteiger charge is 2.16. The van der Waals surface area contributed by atoms with E-state index in [9.17, 15) is 4.79 Å². The molecule has 0 saturated carbocycles. The Morgan fingerprint density at radius 1 is 1.85 bits per heavy atom. The van der Waals surface area contributed by atoms with Crippen LogP contribution in [0.3, 0.4) is 0 Å². The van der Waals surface area contributed by atoms with E-state index in [2.05, 4.69) is 14.8 Å². The van der Waals surface area contributed by atoms with Crippen molar-refractivity contribution >= 4 is 5.97 Å². The highest BCUT2D eigenvalue weighted by Crippen LogP contribution is 2.04. The molecular formula is C7H8N4O2. The van der Waals surface area contributed by atoms with Gasteiger partial charge in [0, 0.05) is 0 Å². The predicted molar refractivity (Wildman–Crippen MR) is 41.5 cm³/mol. The fourth-order valence-electron chi connectivity index (χ4n) is 0.791. The molecule has 0 saturated heterocycles. The molecular weight excluding hydrogens is 172 g/mol. The van der Waals surface area contributed by atoms with Crippen molar-refractivity contribution in [3.05, 3.63) is 12.2 Å². The molecule has 0 bridgehead atoms. The molecule has 0 aliphatic carbocycles. The quantitative estimate of drug-likeness (QED) is 0.593. The molecule has 0 N–H and O–H groups in total. The molecule has 0 radical (unpaired) electrons. The number of methoxy groups -OCH3 is 1. The van der Waals surface area contributed by atoms with Crippen molar-refractivity contribution in [2.24, 2.45) is 0 Å². The van der Waals surface area contributed by atoms with Gasteiger partial charge in [-0.3, -0.25) is 0 Å². The van der Waals surface area contributed by atoms with Crippen molar-refractivity contribution in [1.82, 2.24) is 14.8 Å². The van der Waals surface area contributed by atoms with Crippen LogP contribution in [0.2, 0.25) is 0 Å². The van der Waals surface area contributed by atoms with Gasteiger partial charge in [-0.25, -0.2) is 14.5 Å². The molecule has 1 heterocycles. The van der Waals surface area contributed by atoms with Crippen LogP contribution in [0.25, 0.3) is 0 Å². The van der Waals surface area contributed by atoms with E-state index in [-0.39, 0.29) is 5.82 Å². The molecule has 1 rings (SSSR count). The van der Waals surface area contributed by atoms with E-state index in [0.29, 0.717) is 0 Å². The van der Waals surface area contributed by atoms with Crippen molar-refractivity contribution in [2.45, 2.75) is 13.0 Å². The van der Waals surface area contributed by atoms with Gasteiger partial charge in [0.1, 0.15) is 18.4 Å². The first-order valence-electron chi connectivity index (χ1n) is 3.58.